The minimum absolute atomic E-state index is 0.0538. The van der Waals surface area contributed by atoms with Crippen molar-refractivity contribution >= 4 is 6.03 Å². The average molecular weight is 571 g/mol. The van der Waals surface area contributed by atoms with Crippen LogP contribution >= 0.6 is 0 Å². The van der Waals surface area contributed by atoms with Gasteiger partial charge in [-0.1, -0.05) is 80.3 Å². The lowest BCUT2D eigenvalue weighted by atomic mass is 9.71. The van der Waals surface area contributed by atoms with Gasteiger partial charge in [0.15, 0.2) is 0 Å². The molecule has 0 bridgehead atoms. The van der Waals surface area contributed by atoms with E-state index in [-0.39, 0.29) is 19.6 Å². The number of hydrogen-bond acceptors (Lipinski definition) is 2. The van der Waals surface area contributed by atoms with Crippen LogP contribution in [0.1, 0.15) is 36.5 Å². The molecule has 1 heterocycles. The predicted octanol–water partition coefficient (Wildman–Crippen LogP) is 7.30. The predicted molar refractivity (Wildman–Crippen MR) is 137 cm³/mol. The highest BCUT2D eigenvalue weighted by atomic mass is 19.4. The average Bonchev–Trinajstić information content (AvgIpc) is 3.27. The summed E-state index contributed by atoms with van der Waals surface area (Å²) in [4.78, 5) is 14.5. The molecule has 2 atom stereocenters. The number of benzene rings is 2. The number of carbonyl (C=O) groups is 1. The van der Waals surface area contributed by atoms with Crippen molar-refractivity contribution in [2.24, 2.45) is 5.41 Å². The molecule has 1 aliphatic heterocycles. The van der Waals surface area contributed by atoms with Crippen LogP contribution in [0.15, 0.2) is 90.8 Å². The van der Waals surface area contributed by atoms with Crippen LogP contribution in [0.3, 0.4) is 0 Å². The summed E-state index contributed by atoms with van der Waals surface area (Å²) in [6.45, 7) is 7.62. The first-order valence-corrected chi connectivity index (χ1v) is 12.3. The van der Waals surface area contributed by atoms with Crippen molar-refractivity contribution in [3.05, 3.63) is 107 Å². The molecule has 2 N–H and O–H groups in total. The fourth-order valence-electron chi connectivity index (χ4n) is 4.74. The van der Waals surface area contributed by atoms with Crippen molar-refractivity contribution in [3.8, 4) is 0 Å². The molecule has 11 heteroatoms. The van der Waals surface area contributed by atoms with Crippen LogP contribution in [0.25, 0.3) is 0 Å². The largest absolute Gasteiger partial charge is 0.430 e. The molecule has 0 radical (unpaired) electrons. The summed E-state index contributed by atoms with van der Waals surface area (Å²) < 4.78 is 93.9. The van der Waals surface area contributed by atoms with Gasteiger partial charge in [-0.15, -0.1) is 0 Å². The summed E-state index contributed by atoms with van der Waals surface area (Å²) >= 11 is 0. The Hall–Kier alpha value is -3.60. The van der Waals surface area contributed by atoms with Gasteiger partial charge < -0.3 is 15.3 Å². The molecular weight excluding hydrogens is 541 g/mol. The van der Waals surface area contributed by atoms with Crippen LogP contribution in [0.2, 0.25) is 0 Å². The molecule has 2 aromatic rings. The molecule has 1 fully saturated rings. The van der Waals surface area contributed by atoms with E-state index in [0.717, 1.165) is 17.7 Å². The zero-order valence-corrected chi connectivity index (χ0v) is 21.8. The maximum absolute atomic E-state index is 13.8. The van der Waals surface area contributed by atoms with E-state index in [9.17, 15) is 40.6 Å². The third-order valence-electron chi connectivity index (χ3n) is 7.27. The van der Waals surface area contributed by atoms with Gasteiger partial charge in [0.1, 0.15) is 5.83 Å². The highest BCUT2D eigenvalue weighted by molar-refractivity contribution is 5.75. The highest BCUT2D eigenvalue weighted by Gasteiger charge is 2.71. The van der Waals surface area contributed by atoms with E-state index in [1.807, 2.05) is 30.3 Å². The lowest BCUT2D eigenvalue weighted by Gasteiger charge is -2.34. The zero-order chi connectivity index (χ0) is 29.9. The van der Waals surface area contributed by atoms with E-state index < -0.39 is 46.7 Å². The summed E-state index contributed by atoms with van der Waals surface area (Å²) in [5, 5.41) is 12.5. The van der Waals surface area contributed by atoms with Crippen molar-refractivity contribution in [1.29, 1.82) is 0 Å². The number of rotatable bonds is 7. The Bertz CT molecular complexity index is 1250. The normalized spacial score (nSPS) is 20.7. The lowest BCUT2D eigenvalue weighted by Crippen LogP contribution is -2.53. The maximum Gasteiger partial charge on any atom is 0.430 e. The standard InChI is InChI=1S/C29H29F7N2O2/c1-4-23(30)15-10-19(2)26(3)18-38(25(39)37-16-20-8-6-5-7-9-20)17-24(26)21-11-13-22(14-12-21)27(40,28(31,32)33)29(34,35)36/h4-15,24,40H,2,16-18H2,1,3H3,(H,37,39)/b15-10-,23-4+/t24-,26+/m0/s1. The summed E-state index contributed by atoms with van der Waals surface area (Å²) in [6.07, 6.45) is -8.20. The second kappa shape index (κ2) is 11.5. The molecule has 1 aliphatic rings. The number of urea groups is 1. The number of allylic oxidation sites excluding steroid dienone is 4. The summed E-state index contributed by atoms with van der Waals surface area (Å²) in [5.74, 6) is -1.17. The molecule has 0 saturated carbocycles. The molecular formula is C29H29F7N2O2. The molecule has 2 aromatic carbocycles. The Morgan fingerprint density at radius 3 is 2.15 bits per heavy atom. The number of hydrogen-bond donors (Lipinski definition) is 2. The van der Waals surface area contributed by atoms with Gasteiger partial charge in [0, 0.05) is 36.5 Å². The van der Waals surface area contributed by atoms with Crippen LogP contribution in [-0.2, 0) is 12.1 Å². The molecule has 0 aliphatic carbocycles. The molecule has 0 unspecified atom stereocenters. The Kier molecular flexibility index (Phi) is 8.88. The van der Waals surface area contributed by atoms with E-state index in [0.29, 0.717) is 23.3 Å². The maximum atomic E-state index is 13.8. The van der Waals surface area contributed by atoms with Gasteiger partial charge in [-0.25, -0.2) is 9.18 Å². The van der Waals surface area contributed by atoms with Gasteiger partial charge in [0.25, 0.3) is 5.60 Å². The second-order valence-electron chi connectivity index (χ2n) is 9.85. The number of alkyl halides is 6. The van der Waals surface area contributed by atoms with Crippen molar-refractivity contribution in [1.82, 2.24) is 10.2 Å². The molecule has 4 nitrogen and oxygen atoms in total. The summed E-state index contributed by atoms with van der Waals surface area (Å²) in [6, 6.07) is 11.9. The quantitative estimate of drug-likeness (QED) is 0.271. The molecule has 1 saturated heterocycles. The Morgan fingerprint density at radius 2 is 1.62 bits per heavy atom. The zero-order valence-electron chi connectivity index (χ0n) is 21.8. The number of amides is 2. The molecule has 3 rings (SSSR count). The number of nitrogens with zero attached hydrogens (tertiary/aromatic N) is 1. The molecule has 40 heavy (non-hydrogen) atoms. The van der Waals surface area contributed by atoms with Crippen molar-refractivity contribution < 1.29 is 40.6 Å². The summed E-state index contributed by atoms with van der Waals surface area (Å²) in [5.41, 5.74) is -5.84. The Morgan fingerprint density at radius 1 is 1.05 bits per heavy atom. The van der Waals surface area contributed by atoms with E-state index in [4.69, 9.17) is 0 Å². The molecule has 0 aromatic heterocycles. The van der Waals surface area contributed by atoms with E-state index >= 15 is 0 Å². The minimum Gasteiger partial charge on any atom is -0.369 e. The first-order chi connectivity index (χ1) is 18.5. The first kappa shape index (κ1) is 30.9. The first-order valence-electron chi connectivity index (χ1n) is 12.3. The molecule has 216 valence electrons. The van der Waals surface area contributed by atoms with Crippen molar-refractivity contribution in [2.75, 3.05) is 13.1 Å². The Balaban J connectivity index is 1.95. The third kappa shape index (κ3) is 6.09. The van der Waals surface area contributed by atoms with E-state index in [1.54, 1.807) is 6.92 Å². The third-order valence-corrected chi connectivity index (χ3v) is 7.27. The van der Waals surface area contributed by atoms with Gasteiger partial charge >= 0.3 is 18.4 Å². The van der Waals surface area contributed by atoms with Crippen molar-refractivity contribution in [2.45, 2.75) is 44.3 Å². The van der Waals surface area contributed by atoms with Crippen LogP contribution < -0.4 is 5.32 Å². The van der Waals surface area contributed by atoms with Gasteiger partial charge in [-0.2, -0.15) is 26.3 Å². The van der Waals surface area contributed by atoms with E-state index in [2.05, 4.69) is 11.9 Å². The van der Waals surface area contributed by atoms with Crippen LogP contribution in [0.4, 0.5) is 35.5 Å². The number of carbonyl (C=O) groups excluding carboxylic acids is 1. The lowest BCUT2D eigenvalue weighted by molar-refractivity contribution is -0.376. The van der Waals surface area contributed by atoms with Crippen molar-refractivity contribution in [3.63, 3.8) is 0 Å². The number of halogens is 7. The second-order valence-corrected chi connectivity index (χ2v) is 9.85. The highest BCUT2D eigenvalue weighted by Crippen LogP contribution is 2.51. The van der Waals surface area contributed by atoms with Gasteiger partial charge in [-0.3, -0.25) is 0 Å². The van der Waals surface area contributed by atoms with Crippen LogP contribution in [-0.4, -0.2) is 41.5 Å². The van der Waals surface area contributed by atoms with Gasteiger partial charge in [-0.05, 0) is 29.7 Å². The molecule has 0 spiro atoms. The summed E-state index contributed by atoms with van der Waals surface area (Å²) in [7, 11) is 0. The minimum atomic E-state index is -6.02. The number of likely N-dealkylation sites (tertiary alicyclic amines) is 1. The monoisotopic (exact) mass is 570 g/mol. The van der Waals surface area contributed by atoms with E-state index in [1.165, 1.54) is 30.1 Å². The van der Waals surface area contributed by atoms with Crippen LogP contribution in [0.5, 0.6) is 0 Å². The number of aliphatic hydroxyl groups is 1. The van der Waals surface area contributed by atoms with Gasteiger partial charge in [0.05, 0.1) is 0 Å². The van der Waals surface area contributed by atoms with Gasteiger partial charge in [0.2, 0.25) is 0 Å². The Labute approximate surface area is 227 Å². The molecule has 2 amide bonds. The number of nitrogens with one attached hydrogen (secondary N) is 1. The fraction of sp³-hybridized carbons (Fsp3) is 0.345. The SMILES string of the molecule is C=C(/C=C\C(F)=C/C)[C@@]1(C)CN(C(=O)NCc2ccccc2)C[C@H]1c1ccc(C(O)(C(F)(F)F)C(F)(F)F)cc1. The smallest absolute Gasteiger partial charge is 0.369 e. The van der Waals surface area contributed by atoms with Crippen LogP contribution in [0, 0.1) is 5.41 Å². The topological polar surface area (TPSA) is 52.6 Å². The fourth-order valence-corrected chi connectivity index (χ4v) is 4.74.